The molecular weight excluding hydrogens is 182 g/mol. The zero-order valence-corrected chi connectivity index (χ0v) is 8.02. The van der Waals surface area contributed by atoms with Gasteiger partial charge in [0.05, 0.1) is 6.04 Å². The van der Waals surface area contributed by atoms with Crippen LogP contribution in [0, 0.1) is 11.5 Å². The van der Waals surface area contributed by atoms with Crippen LogP contribution >= 0.6 is 0 Å². The molecule has 1 aliphatic rings. The molecule has 1 heterocycles. The SMILES string of the molecule is N#CN1CCN(CC(N)C(N)=O)CC1. The Morgan fingerprint density at radius 3 is 2.43 bits per heavy atom. The minimum absolute atomic E-state index is 0.479. The molecule has 0 spiro atoms. The third-order valence-electron chi connectivity index (χ3n) is 2.33. The van der Waals surface area contributed by atoms with Crippen LogP contribution in [0.25, 0.3) is 0 Å². The summed E-state index contributed by atoms with van der Waals surface area (Å²) < 4.78 is 0. The molecule has 0 aliphatic carbocycles. The van der Waals surface area contributed by atoms with Gasteiger partial charge in [-0.3, -0.25) is 9.69 Å². The van der Waals surface area contributed by atoms with E-state index in [-0.39, 0.29) is 0 Å². The van der Waals surface area contributed by atoms with Crippen molar-refractivity contribution < 1.29 is 4.79 Å². The summed E-state index contributed by atoms with van der Waals surface area (Å²) in [5.41, 5.74) is 10.6. The normalized spacial score (nSPS) is 20.1. The van der Waals surface area contributed by atoms with Gasteiger partial charge in [-0.15, -0.1) is 0 Å². The Balaban J connectivity index is 2.29. The van der Waals surface area contributed by atoms with Crippen molar-refractivity contribution in [3.63, 3.8) is 0 Å². The van der Waals surface area contributed by atoms with E-state index in [0.717, 1.165) is 13.1 Å². The molecule has 14 heavy (non-hydrogen) atoms. The molecule has 0 bridgehead atoms. The smallest absolute Gasteiger partial charge is 0.235 e. The molecule has 1 amide bonds. The number of nitrogens with zero attached hydrogens (tertiary/aromatic N) is 3. The van der Waals surface area contributed by atoms with Gasteiger partial charge in [0.25, 0.3) is 0 Å². The van der Waals surface area contributed by atoms with Crippen LogP contribution in [-0.4, -0.2) is 54.5 Å². The first-order valence-electron chi connectivity index (χ1n) is 4.55. The average Bonchev–Trinajstić information content (AvgIpc) is 2.19. The third-order valence-corrected chi connectivity index (χ3v) is 2.33. The summed E-state index contributed by atoms with van der Waals surface area (Å²) in [5.74, 6) is -0.479. The Morgan fingerprint density at radius 2 is 2.00 bits per heavy atom. The predicted octanol–water partition coefficient (Wildman–Crippen LogP) is -2.10. The highest BCUT2D eigenvalue weighted by Gasteiger charge is 2.19. The van der Waals surface area contributed by atoms with Crippen LogP contribution in [0.15, 0.2) is 0 Å². The molecule has 0 aromatic heterocycles. The second-order valence-corrected chi connectivity index (χ2v) is 3.40. The summed E-state index contributed by atoms with van der Waals surface area (Å²) in [5, 5.41) is 8.61. The lowest BCUT2D eigenvalue weighted by atomic mass is 10.2. The molecule has 0 aromatic carbocycles. The second-order valence-electron chi connectivity index (χ2n) is 3.40. The van der Waals surface area contributed by atoms with Crippen LogP contribution in [0.3, 0.4) is 0 Å². The number of piperazine rings is 1. The highest BCUT2D eigenvalue weighted by Crippen LogP contribution is 2.00. The van der Waals surface area contributed by atoms with Gasteiger partial charge in [0.1, 0.15) is 0 Å². The standard InChI is InChI=1S/C8H15N5O/c9-6-13-3-1-12(2-4-13)5-7(10)8(11)14/h7H,1-5,10H2,(H2,11,14). The van der Waals surface area contributed by atoms with Crippen molar-refractivity contribution in [2.24, 2.45) is 11.5 Å². The molecular formula is C8H15N5O. The van der Waals surface area contributed by atoms with Crippen LogP contribution < -0.4 is 11.5 Å². The number of nitriles is 1. The first kappa shape index (κ1) is 10.8. The summed E-state index contributed by atoms with van der Waals surface area (Å²) in [6.07, 6.45) is 2.08. The minimum Gasteiger partial charge on any atom is -0.368 e. The fraction of sp³-hybridized carbons (Fsp3) is 0.750. The Hall–Kier alpha value is -1.32. The fourth-order valence-corrected chi connectivity index (χ4v) is 1.40. The summed E-state index contributed by atoms with van der Waals surface area (Å²) in [4.78, 5) is 14.4. The van der Waals surface area contributed by atoms with Crippen molar-refractivity contribution in [2.75, 3.05) is 32.7 Å². The van der Waals surface area contributed by atoms with Crippen LogP contribution in [0.5, 0.6) is 0 Å². The monoisotopic (exact) mass is 197 g/mol. The number of rotatable bonds is 3. The predicted molar refractivity (Wildman–Crippen MR) is 50.8 cm³/mol. The average molecular weight is 197 g/mol. The maximum Gasteiger partial charge on any atom is 0.235 e. The lowest BCUT2D eigenvalue weighted by Gasteiger charge is -2.32. The number of nitrogens with two attached hydrogens (primary N) is 2. The van der Waals surface area contributed by atoms with Gasteiger partial charge in [-0.2, -0.15) is 5.26 Å². The molecule has 0 saturated carbocycles. The quantitative estimate of drug-likeness (QED) is 0.505. The summed E-state index contributed by atoms with van der Waals surface area (Å²) >= 11 is 0. The van der Waals surface area contributed by atoms with E-state index in [1.807, 2.05) is 4.90 Å². The molecule has 0 aromatic rings. The zero-order valence-electron chi connectivity index (χ0n) is 8.02. The van der Waals surface area contributed by atoms with E-state index < -0.39 is 11.9 Å². The summed E-state index contributed by atoms with van der Waals surface area (Å²) in [6.45, 7) is 3.39. The van der Waals surface area contributed by atoms with Gasteiger partial charge < -0.3 is 16.4 Å². The fourth-order valence-electron chi connectivity index (χ4n) is 1.40. The van der Waals surface area contributed by atoms with Crippen LogP contribution in [0.2, 0.25) is 0 Å². The molecule has 1 saturated heterocycles. The van der Waals surface area contributed by atoms with Gasteiger partial charge in [0, 0.05) is 32.7 Å². The van der Waals surface area contributed by atoms with Crippen molar-refractivity contribution in [2.45, 2.75) is 6.04 Å². The first-order valence-corrected chi connectivity index (χ1v) is 4.55. The zero-order chi connectivity index (χ0) is 10.6. The van der Waals surface area contributed by atoms with Crippen molar-refractivity contribution in [3.05, 3.63) is 0 Å². The summed E-state index contributed by atoms with van der Waals surface area (Å²) in [6, 6.07) is -0.608. The molecule has 1 aliphatic heterocycles. The summed E-state index contributed by atoms with van der Waals surface area (Å²) in [7, 11) is 0. The van der Waals surface area contributed by atoms with Crippen LogP contribution in [0.4, 0.5) is 0 Å². The number of amides is 1. The maximum absolute atomic E-state index is 10.7. The molecule has 1 rings (SSSR count). The first-order chi connectivity index (χ1) is 6.63. The molecule has 1 unspecified atom stereocenters. The van der Waals surface area contributed by atoms with E-state index >= 15 is 0 Å². The second kappa shape index (κ2) is 4.79. The Labute approximate surface area is 83.0 Å². The van der Waals surface area contributed by atoms with E-state index in [2.05, 4.69) is 6.19 Å². The van der Waals surface area contributed by atoms with Gasteiger partial charge in [0.15, 0.2) is 6.19 Å². The Kier molecular flexibility index (Phi) is 3.68. The number of hydrogen-bond donors (Lipinski definition) is 2. The lowest BCUT2D eigenvalue weighted by molar-refractivity contribution is -0.119. The van der Waals surface area contributed by atoms with E-state index in [9.17, 15) is 4.79 Å². The topological polar surface area (TPSA) is 99.4 Å². The number of carbonyl (C=O) groups is 1. The number of primary amides is 1. The lowest BCUT2D eigenvalue weighted by Crippen LogP contribution is -2.51. The van der Waals surface area contributed by atoms with Gasteiger partial charge in [0.2, 0.25) is 5.91 Å². The number of carbonyl (C=O) groups excluding carboxylic acids is 1. The Bertz CT molecular complexity index is 241. The van der Waals surface area contributed by atoms with Crippen molar-refractivity contribution in [1.82, 2.24) is 9.80 Å². The van der Waals surface area contributed by atoms with Gasteiger partial charge in [-0.05, 0) is 0 Å². The maximum atomic E-state index is 10.7. The van der Waals surface area contributed by atoms with E-state index in [1.54, 1.807) is 4.90 Å². The molecule has 6 nitrogen and oxygen atoms in total. The molecule has 4 N–H and O–H groups in total. The van der Waals surface area contributed by atoms with E-state index in [4.69, 9.17) is 16.7 Å². The molecule has 1 fully saturated rings. The third kappa shape index (κ3) is 2.87. The van der Waals surface area contributed by atoms with Gasteiger partial charge >= 0.3 is 0 Å². The molecule has 1 atom stereocenters. The highest BCUT2D eigenvalue weighted by atomic mass is 16.1. The highest BCUT2D eigenvalue weighted by molar-refractivity contribution is 5.79. The van der Waals surface area contributed by atoms with Gasteiger partial charge in [-0.25, -0.2) is 0 Å². The van der Waals surface area contributed by atoms with Crippen molar-refractivity contribution >= 4 is 5.91 Å². The van der Waals surface area contributed by atoms with E-state index in [0.29, 0.717) is 19.6 Å². The van der Waals surface area contributed by atoms with Gasteiger partial charge in [-0.1, -0.05) is 0 Å². The molecule has 0 radical (unpaired) electrons. The molecule has 6 heteroatoms. The van der Waals surface area contributed by atoms with Crippen molar-refractivity contribution in [1.29, 1.82) is 5.26 Å². The molecule has 78 valence electrons. The minimum atomic E-state index is -0.608. The van der Waals surface area contributed by atoms with Crippen molar-refractivity contribution in [3.8, 4) is 6.19 Å². The van der Waals surface area contributed by atoms with Crippen LogP contribution in [-0.2, 0) is 4.79 Å². The van der Waals surface area contributed by atoms with E-state index in [1.165, 1.54) is 0 Å². The Morgan fingerprint density at radius 1 is 1.43 bits per heavy atom. The number of hydrogen-bond acceptors (Lipinski definition) is 5. The van der Waals surface area contributed by atoms with Crippen LogP contribution in [0.1, 0.15) is 0 Å². The largest absolute Gasteiger partial charge is 0.368 e.